The van der Waals surface area contributed by atoms with Crippen molar-refractivity contribution in [2.45, 2.75) is 45.4 Å². The van der Waals surface area contributed by atoms with Crippen LogP contribution in [0.5, 0.6) is 0 Å². The number of nitrogens with zero attached hydrogens (tertiary/aromatic N) is 1. The van der Waals surface area contributed by atoms with Crippen molar-refractivity contribution in [3.05, 3.63) is 0 Å². The molecule has 0 bridgehead atoms. The molecule has 0 amide bonds. The minimum absolute atomic E-state index is 0.0750. The van der Waals surface area contributed by atoms with Gasteiger partial charge >= 0.3 is 5.97 Å². The van der Waals surface area contributed by atoms with Crippen LogP contribution in [0.3, 0.4) is 0 Å². The van der Waals surface area contributed by atoms with Crippen molar-refractivity contribution in [2.24, 2.45) is 17.8 Å². The Bertz CT molecular complexity index is 261. The topological polar surface area (TPSA) is 40.5 Å². The van der Waals surface area contributed by atoms with Crippen LogP contribution in [0.4, 0.5) is 0 Å². The van der Waals surface area contributed by atoms with Gasteiger partial charge in [-0.2, -0.15) is 0 Å². The van der Waals surface area contributed by atoms with E-state index in [-0.39, 0.29) is 5.92 Å². The second-order valence-electron chi connectivity index (χ2n) is 5.86. The summed E-state index contributed by atoms with van der Waals surface area (Å²) in [5.41, 5.74) is 0. The van der Waals surface area contributed by atoms with E-state index in [1.165, 1.54) is 32.4 Å². The summed E-state index contributed by atoms with van der Waals surface area (Å²) in [6.07, 6.45) is 6.95. The van der Waals surface area contributed by atoms with Crippen molar-refractivity contribution >= 4 is 5.97 Å². The molecule has 2 fully saturated rings. The molecule has 1 aliphatic carbocycles. The first-order valence-corrected chi connectivity index (χ1v) is 7.16. The van der Waals surface area contributed by atoms with Gasteiger partial charge in [0.1, 0.15) is 0 Å². The fourth-order valence-electron chi connectivity index (χ4n) is 3.50. The number of carbonyl (C=O) groups is 1. The van der Waals surface area contributed by atoms with Crippen LogP contribution in [0.15, 0.2) is 0 Å². The molecule has 2 aliphatic rings. The number of aliphatic carboxylic acids is 1. The third-order valence-electron chi connectivity index (χ3n) is 4.45. The van der Waals surface area contributed by atoms with E-state index in [1.54, 1.807) is 0 Å². The van der Waals surface area contributed by atoms with Gasteiger partial charge in [-0.25, -0.2) is 0 Å². The molecule has 0 radical (unpaired) electrons. The molecular formula is C14H25NO2. The van der Waals surface area contributed by atoms with Crippen LogP contribution < -0.4 is 0 Å². The van der Waals surface area contributed by atoms with Crippen molar-refractivity contribution in [2.75, 3.05) is 19.6 Å². The highest BCUT2D eigenvalue weighted by Crippen LogP contribution is 2.33. The number of hydrogen-bond acceptors (Lipinski definition) is 2. The van der Waals surface area contributed by atoms with E-state index in [0.717, 1.165) is 31.7 Å². The van der Waals surface area contributed by atoms with Gasteiger partial charge in [-0.15, -0.1) is 0 Å². The molecular weight excluding hydrogens is 214 g/mol. The highest BCUT2D eigenvalue weighted by atomic mass is 16.4. The lowest BCUT2D eigenvalue weighted by Crippen LogP contribution is -2.50. The SMILES string of the molecule is CCCC1CN(CC2CCCCC2C(=O)O)C1. The van der Waals surface area contributed by atoms with E-state index < -0.39 is 5.97 Å². The average molecular weight is 239 g/mol. The van der Waals surface area contributed by atoms with Gasteiger partial charge in [0.25, 0.3) is 0 Å². The number of likely N-dealkylation sites (tertiary alicyclic amines) is 1. The molecule has 0 spiro atoms. The highest BCUT2D eigenvalue weighted by Gasteiger charge is 2.35. The van der Waals surface area contributed by atoms with Crippen LogP contribution in [-0.4, -0.2) is 35.6 Å². The van der Waals surface area contributed by atoms with Gasteiger partial charge in [-0.05, 0) is 31.1 Å². The van der Waals surface area contributed by atoms with E-state index in [1.807, 2.05) is 0 Å². The highest BCUT2D eigenvalue weighted by molar-refractivity contribution is 5.70. The van der Waals surface area contributed by atoms with Crippen molar-refractivity contribution in [3.8, 4) is 0 Å². The Labute approximate surface area is 104 Å². The fraction of sp³-hybridized carbons (Fsp3) is 0.929. The van der Waals surface area contributed by atoms with Crippen LogP contribution in [0.2, 0.25) is 0 Å². The minimum Gasteiger partial charge on any atom is -0.481 e. The molecule has 1 aliphatic heterocycles. The maximum atomic E-state index is 11.2. The Morgan fingerprint density at radius 2 is 2.00 bits per heavy atom. The second kappa shape index (κ2) is 5.85. The molecule has 0 aromatic rings. The number of carboxylic acids is 1. The first kappa shape index (κ1) is 12.9. The van der Waals surface area contributed by atoms with E-state index in [0.29, 0.717) is 5.92 Å². The number of hydrogen-bond donors (Lipinski definition) is 1. The molecule has 2 atom stereocenters. The molecule has 2 unspecified atom stereocenters. The second-order valence-corrected chi connectivity index (χ2v) is 5.86. The first-order chi connectivity index (χ1) is 8.20. The summed E-state index contributed by atoms with van der Waals surface area (Å²) in [5, 5.41) is 9.23. The summed E-state index contributed by atoms with van der Waals surface area (Å²) < 4.78 is 0. The van der Waals surface area contributed by atoms with Crippen LogP contribution in [0, 0.1) is 17.8 Å². The predicted octanol–water partition coefficient (Wildman–Crippen LogP) is 2.61. The van der Waals surface area contributed by atoms with Crippen LogP contribution >= 0.6 is 0 Å². The van der Waals surface area contributed by atoms with Gasteiger partial charge in [0.05, 0.1) is 5.92 Å². The zero-order chi connectivity index (χ0) is 12.3. The molecule has 1 saturated carbocycles. The molecule has 1 heterocycles. The Hall–Kier alpha value is -0.570. The smallest absolute Gasteiger partial charge is 0.306 e. The summed E-state index contributed by atoms with van der Waals surface area (Å²) in [5.74, 6) is 0.644. The largest absolute Gasteiger partial charge is 0.481 e. The van der Waals surface area contributed by atoms with E-state index >= 15 is 0 Å². The van der Waals surface area contributed by atoms with E-state index in [4.69, 9.17) is 0 Å². The zero-order valence-electron chi connectivity index (χ0n) is 10.9. The quantitative estimate of drug-likeness (QED) is 0.801. The van der Waals surface area contributed by atoms with Crippen LogP contribution in [0.1, 0.15) is 45.4 Å². The number of rotatable bonds is 5. The summed E-state index contributed by atoms with van der Waals surface area (Å²) in [4.78, 5) is 13.7. The van der Waals surface area contributed by atoms with Crippen LogP contribution in [0.25, 0.3) is 0 Å². The molecule has 2 rings (SSSR count). The van der Waals surface area contributed by atoms with Crippen molar-refractivity contribution in [3.63, 3.8) is 0 Å². The third-order valence-corrected chi connectivity index (χ3v) is 4.45. The summed E-state index contributed by atoms with van der Waals surface area (Å²) in [6.45, 7) is 5.68. The standard InChI is InChI=1S/C14H25NO2/c1-2-5-11-8-15(9-11)10-12-6-3-4-7-13(12)14(16)17/h11-13H,2-10H2,1H3,(H,16,17). The summed E-state index contributed by atoms with van der Waals surface area (Å²) in [6, 6.07) is 0. The van der Waals surface area contributed by atoms with Gasteiger partial charge in [-0.1, -0.05) is 26.2 Å². The van der Waals surface area contributed by atoms with Crippen molar-refractivity contribution in [1.29, 1.82) is 0 Å². The van der Waals surface area contributed by atoms with Gasteiger partial charge in [-0.3, -0.25) is 4.79 Å². The normalized spacial score (nSPS) is 31.1. The Morgan fingerprint density at radius 3 is 2.65 bits per heavy atom. The van der Waals surface area contributed by atoms with Crippen LogP contribution in [-0.2, 0) is 4.79 Å². The maximum absolute atomic E-state index is 11.2. The Kier molecular flexibility index (Phi) is 4.43. The fourth-order valence-corrected chi connectivity index (χ4v) is 3.50. The van der Waals surface area contributed by atoms with Crippen molar-refractivity contribution < 1.29 is 9.90 Å². The van der Waals surface area contributed by atoms with Gasteiger partial charge in [0.15, 0.2) is 0 Å². The molecule has 1 saturated heterocycles. The monoisotopic (exact) mass is 239 g/mol. The lowest BCUT2D eigenvalue weighted by Gasteiger charge is -2.43. The van der Waals surface area contributed by atoms with Crippen molar-refractivity contribution in [1.82, 2.24) is 4.90 Å². The summed E-state index contributed by atoms with van der Waals surface area (Å²) in [7, 11) is 0. The third kappa shape index (κ3) is 3.21. The average Bonchev–Trinajstić information content (AvgIpc) is 2.26. The molecule has 17 heavy (non-hydrogen) atoms. The molecule has 1 N–H and O–H groups in total. The lowest BCUT2D eigenvalue weighted by atomic mass is 9.78. The Balaban J connectivity index is 1.76. The molecule has 98 valence electrons. The van der Waals surface area contributed by atoms with E-state index in [9.17, 15) is 9.90 Å². The molecule has 3 nitrogen and oxygen atoms in total. The Morgan fingerprint density at radius 1 is 1.29 bits per heavy atom. The first-order valence-electron chi connectivity index (χ1n) is 7.16. The number of carboxylic acid groups (broad SMARTS) is 1. The zero-order valence-corrected chi connectivity index (χ0v) is 10.9. The lowest BCUT2D eigenvalue weighted by molar-refractivity contribution is -0.145. The summed E-state index contributed by atoms with van der Waals surface area (Å²) >= 11 is 0. The van der Waals surface area contributed by atoms with E-state index in [2.05, 4.69) is 11.8 Å². The predicted molar refractivity (Wildman–Crippen MR) is 67.9 cm³/mol. The molecule has 0 aromatic carbocycles. The van der Waals surface area contributed by atoms with Gasteiger partial charge in [0, 0.05) is 19.6 Å². The molecule has 3 heteroatoms. The molecule has 0 aromatic heterocycles. The van der Waals surface area contributed by atoms with Gasteiger partial charge in [0.2, 0.25) is 0 Å². The van der Waals surface area contributed by atoms with Gasteiger partial charge < -0.3 is 10.0 Å². The maximum Gasteiger partial charge on any atom is 0.306 e. The minimum atomic E-state index is -0.569.